The van der Waals surface area contributed by atoms with E-state index in [1.807, 2.05) is 0 Å². The molecule has 0 fully saturated rings. The third kappa shape index (κ3) is 5.40. The number of nitrogens with two attached hydrogens (primary N) is 1. The fourth-order valence-electron chi connectivity index (χ4n) is 1.46. The lowest BCUT2D eigenvalue weighted by molar-refractivity contribution is -0.116. The minimum Gasteiger partial charge on any atom is -0.330 e. The molecule has 0 aliphatic rings. The molecule has 0 radical (unpaired) electrons. The van der Waals surface area contributed by atoms with Crippen molar-refractivity contribution in [1.82, 2.24) is 4.98 Å². The van der Waals surface area contributed by atoms with Gasteiger partial charge < -0.3 is 11.1 Å². The monoisotopic (exact) mass is 239 g/mol. The highest BCUT2D eigenvalue weighted by atomic mass is 19.1. The lowest BCUT2D eigenvalue weighted by atomic mass is 10.0. The molecule has 94 valence electrons. The smallest absolute Gasteiger partial charge is 0.225 e. The van der Waals surface area contributed by atoms with Crippen LogP contribution in [0.25, 0.3) is 0 Å². The number of carbonyl (C=O) groups is 1. The van der Waals surface area contributed by atoms with Crippen molar-refractivity contribution in [3.63, 3.8) is 0 Å². The van der Waals surface area contributed by atoms with E-state index in [0.717, 1.165) is 19.0 Å². The maximum absolute atomic E-state index is 12.6. The average molecular weight is 239 g/mol. The predicted molar refractivity (Wildman–Crippen MR) is 64.9 cm³/mol. The molecule has 0 spiro atoms. The van der Waals surface area contributed by atoms with Crippen LogP contribution >= 0.6 is 0 Å². The molecule has 0 aromatic carbocycles. The maximum Gasteiger partial charge on any atom is 0.225 e. The van der Waals surface area contributed by atoms with Gasteiger partial charge in [0.2, 0.25) is 5.91 Å². The normalized spacial score (nSPS) is 12.2. The Morgan fingerprint density at radius 3 is 2.88 bits per heavy atom. The van der Waals surface area contributed by atoms with Crippen molar-refractivity contribution >= 4 is 11.7 Å². The van der Waals surface area contributed by atoms with Gasteiger partial charge in [0.25, 0.3) is 0 Å². The Hall–Kier alpha value is -1.49. The lowest BCUT2D eigenvalue weighted by Crippen LogP contribution is -2.14. The van der Waals surface area contributed by atoms with Gasteiger partial charge in [-0.2, -0.15) is 0 Å². The van der Waals surface area contributed by atoms with Crippen LogP contribution in [0.1, 0.15) is 26.2 Å². The van der Waals surface area contributed by atoms with Crippen molar-refractivity contribution < 1.29 is 9.18 Å². The quantitative estimate of drug-likeness (QED) is 0.797. The molecule has 1 atom stereocenters. The Morgan fingerprint density at radius 2 is 2.29 bits per heavy atom. The van der Waals surface area contributed by atoms with E-state index < -0.39 is 5.82 Å². The molecule has 0 saturated carbocycles. The van der Waals surface area contributed by atoms with Crippen molar-refractivity contribution in [1.29, 1.82) is 0 Å². The van der Waals surface area contributed by atoms with Gasteiger partial charge in [-0.3, -0.25) is 4.79 Å². The van der Waals surface area contributed by atoms with Gasteiger partial charge in [0, 0.05) is 6.42 Å². The Kier molecular flexibility index (Phi) is 5.56. The Bertz CT molecular complexity index is 353. The third-order valence-corrected chi connectivity index (χ3v) is 2.52. The molecule has 3 N–H and O–H groups in total. The van der Waals surface area contributed by atoms with Crippen LogP contribution in [-0.2, 0) is 4.79 Å². The molecule has 4 nitrogen and oxygen atoms in total. The Balaban J connectivity index is 2.32. The number of hydrogen-bond acceptors (Lipinski definition) is 3. The zero-order valence-corrected chi connectivity index (χ0v) is 9.95. The van der Waals surface area contributed by atoms with Gasteiger partial charge in [-0.1, -0.05) is 6.92 Å². The van der Waals surface area contributed by atoms with Gasteiger partial charge in [-0.15, -0.1) is 0 Å². The average Bonchev–Trinajstić information content (AvgIpc) is 2.30. The Morgan fingerprint density at radius 1 is 1.53 bits per heavy atom. The summed E-state index contributed by atoms with van der Waals surface area (Å²) in [6.07, 6.45) is 3.22. The molecule has 0 bridgehead atoms. The van der Waals surface area contributed by atoms with E-state index in [2.05, 4.69) is 17.2 Å². The zero-order chi connectivity index (χ0) is 12.7. The van der Waals surface area contributed by atoms with E-state index >= 15 is 0 Å². The van der Waals surface area contributed by atoms with Gasteiger partial charge in [0.1, 0.15) is 11.6 Å². The largest absolute Gasteiger partial charge is 0.330 e. The van der Waals surface area contributed by atoms with Crippen LogP contribution in [-0.4, -0.2) is 17.4 Å². The number of pyridine rings is 1. The summed E-state index contributed by atoms with van der Waals surface area (Å²) in [5.41, 5.74) is 5.43. The number of carbonyl (C=O) groups excluding carboxylic acids is 1. The molecule has 0 saturated heterocycles. The van der Waals surface area contributed by atoms with Gasteiger partial charge in [0.05, 0.1) is 6.20 Å². The number of rotatable bonds is 6. The first kappa shape index (κ1) is 13.6. The molecular formula is C12H18FN3O. The fourth-order valence-corrected chi connectivity index (χ4v) is 1.46. The van der Waals surface area contributed by atoms with E-state index in [1.165, 1.54) is 12.1 Å². The molecule has 1 aromatic rings. The summed E-state index contributed by atoms with van der Waals surface area (Å²) in [6, 6.07) is 2.70. The predicted octanol–water partition coefficient (Wildman–Crippen LogP) is 1.92. The summed E-state index contributed by atoms with van der Waals surface area (Å²) in [6.45, 7) is 2.71. The molecule has 1 unspecified atom stereocenters. The van der Waals surface area contributed by atoms with E-state index in [0.29, 0.717) is 24.7 Å². The SMILES string of the molecule is CC(CCN)CCC(=O)Nc1ccc(F)cn1. The van der Waals surface area contributed by atoms with Gasteiger partial charge in [0.15, 0.2) is 0 Å². The highest BCUT2D eigenvalue weighted by Crippen LogP contribution is 2.10. The van der Waals surface area contributed by atoms with Gasteiger partial charge in [-0.25, -0.2) is 9.37 Å². The van der Waals surface area contributed by atoms with Crippen LogP contribution in [0.3, 0.4) is 0 Å². The Labute approximate surface area is 100 Å². The van der Waals surface area contributed by atoms with Crippen molar-refractivity contribution in [2.75, 3.05) is 11.9 Å². The van der Waals surface area contributed by atoms with Crippen LogP contribution in [0.4, 0.5) is 10.2 Å². The van der Waals surface area contributed by atoms with Crippen LogP contribution in [0.5, 0.6) is 0 Å². The van der Waals surface area contributed by atoms with Crippen molar-refractivity contribution in [2.45, 2.75) is 26.2 Å². The number of nitrogens with one attached hydrogen (secondary N) is 1. The van der Waals surface area contributed by atoms with Crippen LogP contribution in [0.2, 0.25) is 0 Å². The molecule has 1 rings (SSSR count). The molecule has 0 aliphatic heterocycles. The second-order valence-electron chi connectivity index (χ2n) is 4.13. The number of halogens is 1. The fraction of sp³-hybridized carbons (Fsp3) is 0.500. The first-order chi connectivity index (χ1) is 8.11. The van der Waals surface area contributed by atoms with E-state index in [1.54, 1.807) is 0 Å². The van der Waals surface area contributed by atoms with Crippen molar-refractivity contribution in [3.8, 4) is 0 Å². The van der Waals surface area contributed by atoms with Crippen LogP contribution in [0.15, 0.2) is 18.3 Å². The number of amides is 1. The molecule has 1 heterocycles. The summed E-state index contributed by atoms with van der Waals surface area (Å²) in [7, 11) is 0. The second-order valence-corrected chi connectivity index (χ2v) is 4.13. The molecule has 0 aliphatic carbocycles. The number of hydrogen-bond donors (Lipinski definition) is 2. The minimum atomic E-state index is -0.417. The standard InChI is InChI=1S/C12H18FN3O/c1-9(6-7-14)2-5-12(17)16-11-4-3-10(13)8-15-11/h3-4,8-9H,2,5-7,14H2,1H3,(H,15,16,17). The summed E-state index contributed by atoms with van der Waals surface area (Å²) in [5, 5.41) is 2.62. The van der Waals surface area contributed by atoms with Gasteiger partial charge >= 0.3 is 0 Å². The van der Waals surface area contributed by atoms with E-state index in [-0.39, 0.29) is 5.91 Å². The summed E-state index contributed by atoms with van der Waals surface area (Å²) >= 11 is 0. The second kappa shape index (κ2) is 6.96. The first-order valence-electron chi connectivity index (χ1n) is 5.73. The molecule has 5 heteroatoms. The molecule has 17 heavy (non-hydrogen) atoms. The van der Waals surface area contributed by atoms with E-state index in [4.69, 9.17) is 5.73 Å². The molecule has 1 aromatic heterocycles. The number of aromatic nitrogens is 1. The minimum absolute atomic E-state index is 0.104. The van der Waals surface area contributed by atoms with E-state index in [9.17, 15) is 9.18 Å². The molecule has 1 amide bonds. The summed E-state index contributed by atoms with van der Waals surface area (Å²) < 4.78 is 12.6. The summed E-state index contributed by atoms with van der Waals surface area (Å²) in [4.78, 5) is 15.3. The first-order valence-corrected chi connectivity index (χ1v) is 5.73. The van der Waals surface area contributed by atoms with Crippen LogP contribution in [0, 0.1) is 11.7 Å². The van der Waals surface area contributed by atoms with Crippen molar-refractivity contribution in [2.24, 2.45) is 11.7 Å². The zero-order valence-electron chi connectivity index (χ0n) is 9.95. The number of anilines is 1. The highest BCUT2D eigenvalue weighted by Gasteiger charge is 2.07. The number of nitrogens with zero attached hydrogens (tertiary/aromatic N) is 1. The highest BCUT2D eigenvalue weighted by molar-refractivity contribution is 5.89. The van der Waals surface area contributed by atoms with Gasteiger partial charge in [-0.05, 0) is 37.4 Å². The van der Waals surface area contributed by atoms with Crippen LogP contribution < -0.4 is 11.1 Å². The molecular weight excluding hydrogens is 221 g/mol. The summed E-state index contributed by atoms with van der Waals surface area (Å²) in [5.74, 6) is 0.294. The maximum atomic E-state index is 12.6. The topological polar surface area (TPSA) is 68.0 Å². The third-order valence-electron chi connectivity index (χ3n) is 2.52. The van der Waals surface area contributed by atoms with Crippen molar-refractivity contribution in [3.05, 3.63) is 24.1 Å². The lowest BCUT2D eigenvalue weighted by Gasteiger charge is -2.09.